The van der Waals surface area contributed by atoms with Gasteiger partial charge in [0.15, 0.2) is 0 Å². The van der Waals surface area contributed by atoms with Crippen LogP contribution in [0.5, 0.6) is 0 Å². The molecule has 4 aromatic carbocycles. The average molecular weight is 454 g/mol. The van der Waals surface area contributed by atoms with E-state index in [2.05, 4.69) is 126 Å². The minimum atomic E-state index is -0.249. The quantitative estimate of drug-likeness (QED) is 0.213. The molecular formula is C28H25NSe. The summed E-state index contributed by atoms with van der Waals surface area (Å²) in [5, 5.41) is 1.24. The Labute approximate surface area is 185 Å². The first-order chi connectivity index (χ1) is 14.9. The van der Waals surface area contributed by atoms with Crippen LogP contribution in [0.25, 0.3) is 0 Å². The molecule has 1 unspecified atom stereocenters. The Morgan fingerprint density at radius 1 is 0.600 bits per heavy atom. The summed E-state index contributed by atoms with van der Waals surface area (Å²) in [6, 6.07) is 44.7. The molecule has 1 saturated heterocycles. The topological polar surface area (TPSA) is 3.01 Å². The second kappa shape index (κ2) is 8.61. The molecule has 0 bridgehead atoms. The van der Waals surface area contributed by atoms with Crippen LogP contribution in [-0.2, 0) is 5.54 Å². The molecular weight excluding hydrogens is 429 g/mol. The van der Waals surface area contributed by atoms with E-state index >= 15 is 0 Å². The van der Waals surface area contributed by atoms with Gasteiger partial charge in [0, 0.05) is 0 Å². The third kappa shape index (κ3) is 3.63. The average Bonchev–Trinajstić information content (AvgIpc) is 3.61. The maximum atomic E-state index is 2.71. The summed E-state index contributed by atoms with van der Waals surface area (Å²) in [5.74, 6) is 0. The van der Waals surface area contributed by atoms with Crippen LogP contribution < -0.4 is 4.46 Å². The van der Waals surface area contributed by atoms with E-state index < -0.39 is 0 Å². The third-order valence-corrected chi connectivity index (χ3v) is 8.33. The standard InChI is InChI=1S/C28H25NSe/c1-5-13-23(14-6-1)28(24-15-7-2-8-16-24,25-17-9-3-10-18-25)29-21-26(29)22-30-27-19-11-4-12-20-27/h1-20,26H,21-22H2/t26-,29?/m0/s1. The molecule has 1 aliphatic rings. The molecule has 4 aromatic rings. The summed E-state index contributed by atoms with van der Waals surface area (Å²) < 4.78 is 1.49. The van der Waals surface area contributed by atoms with Crippen LogP contribution in [0.1, 0.15) is 16.7 Å². The molecule has 1 aliphatic heterocycles. The van der Waals surface area contributed by atoms with Crippen molar-refractivity contribution in [2.75, 3.05) is 6.54 Å². The van der Waals surface area contributed by atoms with Crippen molar-refractivity contribution >= 4 is 19.4 Å². The molecule has 2 atom stereocenters. The van der Waals surface area contributed by atoms with Crippen molar-refractivity contribution in [3.63, 3.8) is 0 Å². The summed E-state index contributed by atoms with van der Waals surface area (Å²) in [6.07, 6.45) is 0. The van der Waals surface area contributed by atoms with Gasteiger partial charge in [0.25, 0.3) is 0 Å². The summed E-state index contributed by atoms with van der Waals surface area (Å²) in [5.41, 5.74) is 3.78. The molecule has 30 heavy (non-hydrogen) atoms. The molecule has 5 rings (SSSR count). The van der Waals surface area contributed by atoms with Gasteiger partial charge >= 0.3 is 186 Å². The minimum absolute atomic E-state index is 0.249. The summed E-state index contributed by atoms with van der Waals surface area (Å²) in [6.45, 7) is 1.13. The first-order valence-corrected chi connectivity index (χ1v) is 12.6. The van der Waals surface area contributed by atoms with Gasteiger partial charge in [0.1, 0.15) is 0 Å². The Morgan fingerprint density at radius 2 is 1.00 bits per heavy atom. The fraction of sp³-hybridized carbons (Fsp3) is 0.143. The van der Waals surface area contributed by atoms with Gasteiger partial charge in [-0.2, -0.15) is 0 Å². The van der Waals surface area contributed by atoms with Gasteiger partial charge in [-0.15, -0.1) is 0 Å². The summed E-state index contributed by atoms with van der Waals surface area (Å²) in [4.78, 5) is 2.71. The molecule has 0 spiro atoms. The van der Waals surface area contributed by atoms with Gasteiger partial charge in [0.2, 0.25) is 0 Å². The van der Waals surface area contributed by atoms with Gasteiger partial charge in [-0.3, -0.25) is 0 Å². The van der Waals surface area contributed by atoms with Crippen molar-refractivity contribution in [2.45, 2.75) is 16.9 Å². The van der Waals surface area contributed by atoms with Gasteiger partial charge in [-0.1, -0.05) is 0 Å². The van der Waals surface area contributed by atoms with E-state index in [-0.39, 0.29) is 5.54 Å². The van der Waals surface area contributed by atoms with E-state index in [4.69, 9.17) is 0 Å². The third-order valence-electron chi connectivity index (χ3n) is 5.91. The van der Waals surface area contributed by atoms with E-state index in [1.807, 2.05) is 0 Å². The molecule has 0 aromatic heterocycles. The van der Waals surface area contributed by atoms with E-state index in [9.17, 15) is 0 Å². The van der Waals surface area contributed by atoms with Crippen LogP contribution in [0.15, 0.2) is 121 Å². The first-order valence-electron chi connectivity index (χ1n) is 10.5. The van der Waals surface area contributed by atoms with E-state index in [0.29, 0.717) is 21.0 Å². The Morgan fingerprint density at radius 3 is 1.43 bits per heavy atom. The number of hydrogen-bond donors (Lipinski definition) is 0. The molecule has 1 heterocycles. The Kier molecular flexibility index (Phi) is 5.55. The van der Waals surface area contributed by atoms with Crippen LogP contribution in [0.4, 0.5) is 0 Å². The van der Waals surface area contributed by atoms with Crippen molar-refractivity contribution in [3.05, 3.63) is 138 Å². The second-order valence-corrected chi connectivity index (χ2v) is 10.0. The predicted octanol–water partition coefficient (Wildman–Crippen LogP) is 5.11. The van der Waals surface area contributed by atoms with Crippen molar-refractivity contribution in [1.29, 1.82) is 0 Å². The SMILES string of the molecule is c1ccc([Se]C[C@@H]2CN2C(c2ccccc2)(c2ccccc2)c2ccccc2)cc1. The fourth-order valence-corrected chi connectivity index (χ4v) is 6.62. The zero-order chi connectivity index (χ0) is 20.2. The summed E-state index contributed by atoms with van der Waals surface area (Å²) in [7, 11) is 0. The van der Waals surface area contributed by atoms with Gasteiger partial charge < -0.3 is 0 Å². The summed E-state index contributed by atoms with van der Waals surface area (Å²) >= 11 is 0.497. The Hall–Kier alpha value is -2.64. The van der Waals surface area contributed by atoms with Crippen LogP contribution in [-0.4, -0.2) is 32.4 Å². The molecule has 0 saturated carbocycles. The van der Waals surface area contributed by atoms with Gasteiger partial charge in [-0.05, 0) is 0 Å². The molecule has 148 valence electrons. The molecule has 2 heteroatoms. The number of nitrogens with zero attached hydrogens (tertiary/aromatic N) is 1. The van der Waals surface area contributed by atoms with Crippen LogP contribution in [0.2, 0.25) is 5.32 Å². The molecule has 0 amide bonds. The molecule has 0 aliphatic carbocycles. The predicted molar refractivity (Wildman–Crippen MR) is 126 cm³/mol. The van der Waals surface area contributed by atoms with Gasteiger partial charge in [0.05, 0.1) is 0 Å². The molecule has 0 radical (unpaired) electrons. The van der Waals surface area contributed by atoms with E-state index in [0.717, 1.165) is 6.54 Å². The van der Waals surface area contributed by atoms with Gasteiger partial charge in [-0.25, -0.2) is 0 Å². The Bertz CT molecular complexity index is 968. The van der Waals surface area contributed by atoms with Crippen molar-refractivity contribution in [1.82, 2.24) is 4.90 Å². The normalized spacial score (nSPS) is 18.1. The van der Waals surface area contributed by atoms with Crippen LogP contribution in [0.3, 0.4) is 0 Å². The number of hydrogen-bond acceptors (Lipinski definition) is 1. The van der Waals surface area contributed by atoms with Crippen molar-refractivity contribution < 1.29 is 0 Å². The molecule has 1 nitrogen and oxygen atoms in total. The van der Waals surface area contributed by atoms with Crippen LogP contribution in [0, 0.1) is 0 Å². The Balaban J connectivity index is 1.57. The fourth-order valence-electron chi connectivity index (χ4n) is 4.48. The molecule has 1 fully saturated rings. The van der Waals surface area contributed by atoms with E-state index in [1.54, 1.807) is 0 Å². The van der Waals surface area contributed by atoms with E-state index in [1.165, 1.54) is 26.5 Å². The van der Waals surface area contributed by atoms with Crippen LogP contribution >= 0.6 is 0 Å². The second-order valence-electron chi connectivity index (χ2n) is 7.74. The zero-order valence-corrected chi connectivity index (χ0v) is 18.6. The van der Waals surface area contributed by atoms with Crippen molar-refractivity contribution in [2.24, 2.45) is 0 Å². The monoisotopic (exact) mass is 455 g/mol. The number of benzene rings is 4. The zero-order valence-electron chi connectivity index (χ0n) is 16.9. The number of rotatable bonds is 7. The maximum absolute atomic E-state index is 2.71. The molecule has 0 N–H and O–H groups in total. The first kappa shape index (κ1) is 19.3. The van der Waals surface area contributed by atoms with Crippen molar-refractivity contribution in [3.8, 4) is 0 Å².